The summed E-state index contributed by atoms with van der Waals surface area (Å²) in [6.45, 7) is 13.9. The second kappa shape index (κ2) is 5.58. The summed E-state index contributed by atoms with van der Waals surface area (Å²) in [7, 11) is 0. The highest BCUT2D eigenvalue weighted by atomic mass is 15.6. The van der Waals surface area contributed by atoms with Gasteiger partial charge in [0.15, 0.2) is 5.82 Å². The van der Waals surface area contributed by atoms with Crippen LogP contribution in [0.5, 0.6) is 0 Å². The highest BCUT2D eigenvalue weighted by Gasteiger charge is 2.25. The predicted octanol–water partition coefficient (Wildman–Crippen LogP) is 2.12. The van der Waals surface area contributed by atoms with Crippen LogP contribution in [0.15, 0.2) is 0 Å². The van der Waals surface area contributed by atoms with Gasteiger partial charge in [0.05, 0.1) is 11.6 Å². The third-order valence-corrected chi connectivity index (χ3v) is 3.15. The van der Waals surface area contributed by atoms with Gasteiger partial charge in [0.1, 0.15) is 0 Å². The summed E-state index contributed by atoms with van der Waals surface area (Å²) in [4.78, 5) is 0. The maximum absolute atomic E-state index is 4.15. The van der Waals surface area contributed by atoms with Crippen LogP contribution < -0.4 is 5.32 Å². The van der Waals surface area contributed by atoms with E-state index in [2.05, 4.69) is 62.4 Å². The lowest BCUT2D eigenvalue weighted by molar-refractivity contribution is 0.281. The summed E-state index contributed by atoms with van der Waals surface area (Å²) >= 11 is 0. The van der Waals surface area contributed by atoms with Crippen LogP contribution in [0, 0.1) is 5.92 Å². The average molecular weight is 239 g/mol. The highest BCUT2D eigenvalue weighted by Crippen LogP contribution is 2.21. The number of nitrogens with one attached hydrogen (secondary N) is 1. The molecule has 0 spiro atoms. The van der Waals surface area contributed by atoms with Crippen molar-refractivity contribution in [2.75, 3.05) is 6.54 Å². The number of hydrogen-bond donors (Lipinski definition) is 1. The molecular weight excluding hydrogens is 214 g/mol. The van der Waals surface area contributed by atoms with E-state index in [-0.39, 0.29) is 11.6 Å². The van der Waals surface area contributed by atoms with Crippen molar-refractivity contribution in [2.24, 2.45) is 5.92 Å². The van der Waals surface area contributed by atoms with Crippen molar-refractivity contribution in [1.29, 1.82) is 0 Å². The Hall–Kier alpha value is -0.970. The zero-order valence-corrected chi connectivity index (χ0v) is 11.9. The summed E-state index contributed by atoms with van der Waals surface area (Å²) in [5.74, 6) is 1.54. The molecule has 1 aromatic heterocycles. The molecule has 5 heteroatoms. The van der Waals surface area contributed by atoms with E-state index in [1.54, 1.807) is 0 Å². The van der Waals surface area contributed by atoms with Crippen LogP contribution in [0.3, 0.4) is 0 Å². The minimum absolute atomic E-state index is 0.0351. The molecule has 0 amide bonds. The molecule has 98 valence electrons. The van der Waals surface area contributed by atoms with Gasteiger partial charge in [0, 0.05) is 0 Å². The van der Waals surface area contributed by atoms with Crippen LogP contribution in [-0.2, 0) is 5.54 Å². The number of hydrogen-bond acceptors (Lipinski definition) is 4. The lowest BCUT2D eigenvalue weighted by atomic mass is 10.0. The topological polar surface area (TPSA) is 55.6 Å². The summed E-state index contributed by atoms with van der Waals surface area (Å²) in [6, 6.07) is 0.179. The monoisotopic (exact) mass is 239 g/mol. The van der Waals surface area contributed by atoms with Gasteiger partial charge >= 0.3 is 0 Å². The van der Waals surface area contributed by atoms with E-state index >= 15 is 0 Å². The molecule has 1 unspecified atom stereocenters. The molecule has 0 aromatic carbocycles. The van der Waals surface area contributed by atoms with Gasteiger partial charge in [-0.15, -0.1) is 5.10 Å². The van der Waals surface area contributed by atoms with Crippen molar-refractivity contribution in [1.82, 2.24) is 25.5 Å². The van der Waals surface area contributed by atoms with Crippen LogP contribution in [0.25, 0.3) is 0 Å². The zero-order chi connectivity index (χ0) is 13.1. The Morgan fingerprint density at radius 1 is 1.29 bits per heavy atom. The number of rotatable bonds is 6. The van der Waals surface area contributed by atoms with Crippen molar-refractivity contribution in [2.45, 2.75) is 59.5 Å². The van der Waals surface area contributed by atoms with Gasteiger partial charge in [-0.05, 0) is 50.1 Å². The molecule has 0 aliphatic carbocycles. The highest BCUT2D eigenvalue weighted by molar-refractivity contribution is 4.94. The minimum Gasteiger partial charge on any atom is -0.307 e. The normalized spacial score (nSPS) is 14.3. The first-order chi connectivity index (χ1) is 7.88. The first-order valence-electron chi connectivity index (χ1n) is 6.40. The first-order valence-corrected chi connectivity index (χ1v) is 6.40. The molecule has 0 bridgehead atoms. The lowest BCUT2D eigenvalue weighted by Crippen LogP contribution is -2.33. The van der Waals surface area contributed by atoms with Crippen LogP contribution in [0.4, 0.5) is 0 Å². The fourth-order valence-electron chi connectivity index (χ4n) is 1.55. The van der Waals surface area contributed by atoms with Gasteiger partial charge in [0.2, 0.25) is 0 Å². The Morgan fingerprint density at radius 2 is 1.94 bits per heavy atom. The molecule has 5 nitrogen and oxygen atoms in total. The Kier molecular flexibility index (Phi) is 4.62. The molecule has 0 aliphatic rings. The van der Waals surface area contributed by atoms with Crippen LogP contribution in [0.1, 0.15) is 59.8 Å². The van der Waals surface area contributed by atoms with Gasteiger partial charge in [0.25, 0.3) is 0 Å². The third kappa shape index (κ3) is 3.49. The molecule has 0 saturated heterocycles. The van der Waals surface area contributed by atoms with E-state index in [9.17, 15) is 0 Å². The standard InChI is InChI=1S/C12H25N5/c1-7-12(5,6)17-11(14-15-16-17)10(4)13-8-9(2)3/h9-10,13H,7-8H2,1-6H3. The summed E-state index contributed by atoms with van der Waals surface area (Å²) in [5.41, 5.74) is -0.0351. The molecule has 1 aromatic rings. The molecule has 17 heavy (non-hydrogen) atoms. The number of nitrogens with zero attached hydrogens (tertiary/aromatic N) is 4. The molecule has 0 aliphatic heterocycles. The largest absolute Gasteiger partial charge is 0.307 e. The summed E-state index contributed by atoms with van der Waals surface area (Å²) in [5, 5.41) is 15.5. The van der Waals surface area contributed by atoms with E-state index in [0.29, 0.717) is 5.92 Å². The van der Waals surface area contributed by atoms with Gasteiger partial charge in [-0.25, -0.2) is 4.68 Å². The lowest BCUT2D eigenvalue weighted by Gasteiger charge is -2.26. The summed E-state index contributed by atoms with van der Waals surface area (Å²) in [6.07, 6.45) is 1.00. The minimum atomic E-state index is -0.0351. The smallest absolute Gasteiger partial charge is 0.168 e. The van der Waals surface area contributed by atoms with Gasteiger partial charge < -0.3 is 5.32 Å². The Labute approximate surface area is 104 Å². The quantitative estimate of drug-likeness (QED) is 0.826. The maximum Gasteiger partial charge on any atom is 0.168 e. The van der Waals surface area contributed by atoms with Crippen LogP contribution >= 0.6 is 0 Å². The first kappa shape index (κ1) is 14.1. The van der Waals surface area contributed by atoms with E-state index in [1.165, 1.54) is 0 Å². The molecule has 0 saturated carbocycles. The van der Waals surface area contributed by atoms with E-state index in [4.69, 9.17) is 0 Å². The maximum atomic E-state index is 4.15. The Bertz CT molecular complexity index is 342. The fourth-order valence-corrected chi connectivity index (χ4v) is 1.55. The molecule has 0 radical (unpaired) electrons. The fraction of sp³-hybridized carbons (Fsp3) is 0.917. The van der Waals surface area contributed by atoms with Crippen molar-refractivity contribution < 1.29 is 0 Å². The van der Waals surface area contributed by atoms with Crippen molar-refractivity contribution in [3.63, 3.8) is 0 Å². The van der Waals surface area contributed by atoms with E-state index < -0.39 is 0 Å². The summed E-state index contributed by atoms with van der Waals surface area (Å²) < 4.78 is 1.94. The van der Waals surface area contributed by atoms with E-state index in [0.717, 1.165) is 18.8 Å². The SMILES string of the molecule is CCC(C)(C)n1nnnc1C(C)NCC(C)C. The molecule has 1 heterocycles. The van der Waals surface area contributed by atoms with Gasteiger partial charge in [-0.1, -0.05) is 20.8 Å². The molecule has 1 atom stereocenters. The zero-order valence-electron chi connectivity index (χ0n) is 11.9. The average Bonchev–Trinajstić information content (AvgIpc) is 2.75. The van der Waals surface area contributed by atoms with Crippen LogP contribution in [0.2, 0.25) is 0 Å². The Morgan fingerprint density at radius 3 is 2.47 bits per heavy atom. The van der Waals surface area contributed by atoms with Crippen molar-refractivity contribution in [3.05, 3.63) is 5.82 Å². The second-order valence-electron chi connectivity index (χ2n) is 5.64. The van der Waals surface area contributed by atoms with Gasteiger partial charge in [-0.3, -0.25) is 0 Å². The van der Waals surface area contributed by atoms with E-state index in [1.807, 2.05) is 4.68 Å². The van der Waals surface area contributed by atoms with Gasteiger partial charge in [-0.2, -0.15) is 0 Å². The Balaban J connectivity index is 2.81. The predicted molar refractivity (Wildman–Crippen MR) is 68.7 cm³/mol. The number of tetrazole rings is 1. The molecule has 1 N–H and O–H groups in total. The molecule has 1 rings (SSSR count). The number of aromatic nitrogens is 4. The molecule has 0 fully saturated rings. The van der Waals surface area contributed by atoms with Crippen molar-refractivity contribution in [3.8, 4) is 0 Å². The van der Waals surface area contributed by atoms with Crippen LogP contribution in [-0.4, -0.2) is 26.8 Å². The van der Waals surface area contributed by atoms with Crippen molar-refractivity contribution >= 4 is 0 Å². The molecular formula is C12H25N5. The second-order valence-corrected chi connectivity index (χ2v) is 5.64. The third-order valence-electron chi connectivity index (χ3n) is 3.15.